The first-order chi connectivity index (χ1) is 7.58. The molecule has 1 amide bonds. The molecule has 1 aromatic carbocycles. The first-order valence-corrected chi connectivity index (χ1v) is 5.22. The highest BCUT2D eigenvalue weighted by Gasteiger charge is 2.29. The number of hydrogen-bond donors (Lipinski definition) is 1. The van der Waals surface area contributed by atoms with E-state index in [1.807, 2.05) is 24.3 Å². The fourth-order valence-corrected chi connectivity index (χ4v) is 1.63. The smallest absolute Gasteiger partial charge is 0.296 e. The van der Waals surface area contributed by atoms with E-state index in [2.05, 4.69) is 18.8 Å². The molecular formula is C12H14N2O2. The van der Waals surface area contributed by atoms with Crippen molar-refractivity contribution in [2.75, 3.05) is 0 Å². The van der Waals surface area contributed by atoms with E-state index in [0.29, 0.717) is 5.92 Å². The molecule has 0 aliphatic carbocycles. The predicted octanol–water partition coefficient (Wildman–Crippen LogP) is 1.72. The van der Waals surface area contributed by atoms with E-state index in [9.17, 15) is 4.79 Å². The van der Waals surface area contributed by atoms with E-state index >= 15 is 0 Å². The van der Waals surface area contributed by atoms with Gasteiger partial charge >= 0.3 is 0 Å². The summed E-state index contributed by atoms with van der Waals surface area (Å²) in [7, 11) is 0. The summed E-state index contributed by atoms with van der Waals surface area (Å²) < 4.78 is 5.14. The van der Waals surface area contributed by atoms with Crippen LogP contribution >= 0.6 is 0 Å². The summed E-state index contributed by atoms with van der Waals surface area (Å²) in [5.74, 6) is 0.130. The van der Waals surface area contributed by atoms with Gasteiger partial charge in [-0.25, -0.2) is 0 Å². The molecule has 1 aliphatic heterocycles. The number of ether oxygens (including phenoxy) is 1. The number of amides is 1. The minimum absolute atomic E-state index is 0.0528. The van der Waals surface area contributed by atoms with Crippen molar-refractivity contribution < 1.29 is 9.53 Å². The molecule has 1 unspecified atom stereocenters. The number of aliphatic imine (C=N–C) groups is 1. The zero-order chi connectivity index (χ0) is 11.7. The van der Waals surface area contributed by atoms with Gasteiger partial charge in [-0.05, 0) is 11.5 Å². The molecule has 1 aliphatic rings. The SMILES string of the molecule is CC(C)c1ccc(C2OC(N)=NC2=O)cc1. The Morgan fingerprint density at radius 1 is 1.31 bits per heavy atom. The Kier molecular flexibility index (Phi) is 2.64. The quantitative estimate of drug-likeness (QED) is 0.822. The van der Waals surface area contributed by atoms with E-state index in [1.165, 1.54) is 5.56 Å². The van der Waals surface area contributed by atoms with Crippen LogP contribution in [0.5, 0.6) is 0 Å². The van der Waals surface area contributed by atoms with Crippen molar-refractivity contribution in [3.8, 4) is 0 Å². The molecule has 0 bridgehead atoms. The van der Waals surface area contributed by atoms with Gasteiger partial charge in [0, 0.05) is 5.56 Å². The Labute approximate surface area is 94.1 Å². The summed E-state index contributed by atoms with van der Waals surface area (Å²) in [6.07, 6.45) is -0.666. The van der Waals surface area contributed by atoms with Crippen LogP contribution in [0, 0.1) is 0 Å². The van der Waals surface area contributed by atoms with Gasteiger partial charge in [-0.2, -0.15) is 4.99 Å². The second-order valence-electron chi connectivity index (χ2n) is 4.11. The van der Waals surface area contributed by atoms with E-state index in [1.54, 1.807) is 0 Å². The lowest BCUT2D eigenvalue weighted by atomic mass is 10.00. The predicted molar refractivity (Wildman–Crippen MR) is 61.0 cm³/mol. The summed E-state index contributed by atoms with van der Waals surface area (Å²) >= 11 is 0. The van der Waals surface area contributed by atoms with E-state index < -0.39 is 6.10 Å². The van der Waals surface area contributed by atoms with Gasteiger partial charge in [-0.1, -0.05) is 38.1 Å². The molecule has 0 saturated heterocycles. The monoisotopic (exact) mass is 218 g/mol. The van der Waals surface area contributed by atoms with Crippen molar-refractivity contribution in [2.24, 2.45) is 10.7 Å². The molecule has 0 radical (unpaired) electrons. The molecule has 2 rings (SSSR count). The van der Waals surface area contributed by atoms with Crippen LogP contribution in [0.3, 0.4) is 0 Å². The first-order valence-electron chi connectivity index (χ1n) is 5.22. The lowest BCUT2D eigenvalue weighted by molar-refractivity contribution is -0.122. The van der Waals surface area contributed by atoms with Gasteiger partial charge < -0.3 is 10.5 Å². The summed E-state index contributed by atoms with van der Waals surface area (Å²) in [6, 6.07) is 7.69. The molecule has 16 heavy (non-hydrogen) atoms. The summed E-state index contributed by atoms with van der Waals surface area (Å²) in [5.41, 5.74) is 7.35. The van der Waals surface area contributed by atoms with Crippen molar-refractivity contribution in [1.82, 2.24) is 0 Å². The topological polar surface area (TPSA) is 64.7 Å². The first kappa shape index (κ1) is 10.7. The number of carbonyl (C=O) groups excluding carboxylic acids is 1. The molecule has 4 nitrogen and oxygen atoms in total. The fourth-order valence-electron chi connectivity index (χ4n) is 1.63. The molecule has 84 valence electrons. The minimum atomic E-state index is -0.666. The zero-order valence-electron chi connectivity index (χ0n) is 9.31. The number of amidine groups is 1. The van der Waals surface area contributed by atoms with E-state index in [4.69, 9.17) is 10.5 Å². The summed E-state index contributed by atoms with van der Waals surface area (Å²) in [4.78, 5) is 14.9. The molecule has 0 saturated carbocycles. The van der Waals surface area contributed by atoms with Crippen molar-refractivity contribution in [3.05, 3.63) is 35.4 Å². The molecule has 4 heteroatoms. The van der Waals surface area contributed by atoms with Crippen molar-refractivity contribution in [1.29, 1.82) is 0 Å². The van der Waals surface area contributed by atoms with Crippen LogP contribution < -0.4 is 5.73 Å². The van der Waals surface area contributed by atoms with E-state index in [0.717, 1.165) is 5.56 Å². The number of hydrogen-bond acceptors (Lipinski definition) is 3. The Morgan fingerprint density at radius 2 is 1.94 bits per heavy atom. The third-order valence-corrected chi connectivity index (χ3v) is 2.59. The highest BCUT2D eigenvalue weighted by molar-refractivity contribution is 5.98. The minimum Gasteiger partial charge on any atom is -0.447 e. The van der Waals surface area contributed by atoms with E-state index in [-0.39, 0.29) is 11.9 Å². The van der Waals surface area contributed by atoms with Crippen molar-refractivity contribution >= 4 is 11.9 Å². The summed E-state index contributed by atoms with van der Waals surface area (Å²) in [5, 5.41) is 0. The van der Waals surface area contributed by atoms with Gasteiger partial charge in [0.25, 0.3) is 11.9 Å². The number of nitrogens with two attached hydrogens (primary N) is 1. The number of rotatable bonds is 2. The Bertz CT molecular complexity index is 435. The Balaban J connectivity index is 2.20. The molecular weight excluding hydrogens is 204 g/mol. The van der Waals surface area contributed by atoms with Crippen molar-refractivity contribution in [3.63, 3.8) is 0 Å². The van der Waals surface area contributed by atoms with Crippen molar-refractivity contribution in [2.45, 2.75) is 25.9 Å². The number of carbonyl (C=O) groups is 1. The standard InChI is InChI=1S/C12H14N2O2/c1-7(2)8-3-5-9(6-4-8)10-11(15)14-12(13)16-10/h3-7,10H,1-2H3,(H2,13,14,15). The van der Waals surface area contributed by atoms with Gasteiger partial charge in [0.15, 0.2) is 0 Å². The van der Waals surface area contributed by atoms with Crippen LogP contribution in [0.4, 0.5) is 0 Å². The zero-order valence-corrected chi connectivity index (χ0v) is 9.31. The van der Waals surface area contributed by atoms with Crippen LogP contribution in [0.15, 0.2) is 29.3 Å². The fraction of sp³-hybridized carbons (Fsp3) is 0.333. The Morgan fingerprint density at radius 3 is 2.38 bits per heavy atom. The third kappa shape index (κ3) is 1.91. The lowest BCUT2D eigenvalue weighted by Crippen LogP contribution is -2.14. The largest absolute Gasteiger partial charge is 0.447 e. The van der Waals surface area contributed by atoms with Crippen LogP contribution in [-0.4, -0.2) is 11.9 Å². The third-order valence-electron chi connectivity index (χ3n) is 2.59. The summed E-state index contributed by atoms with van der Waals surface area (Å²) in [6.45, 7) is 4.24. The van der Waals surface area contributed by atoms with Crippen LogP contribution in [-0.2, 0) is 9.53 Å². The second kappa shape index (κ2) is 3.96. The van der Waals surface area contributed by atoms with Gasteiger partial charge in [0.05, 0.1) is 0 Å². The molecule has 1 aromatic rings. The molecule has 0 aromatic heterocycles. The number of nitrogens with zero attached hydrogens (tertiary/aromatic N) is 1. The maximum absolute atomic E-state index is 11.4. The second-order valence-corrected chi connectivity index (χ2v) is 4.11. The molecule has 1 atom stereocenters. The van der Waals surface area contributed by atoms with Gasteiger partial charge in [0.2, 0.25) is 6.10 Å². The lowest BCUT2D eigenvalue weighted by Gasteiger charge is -2.10. The van der Waals surface area contributed by atoms with Crippen LogP contribution in [0.1, 0.15) is 37.0 Å². The van der Waals surface area contributed by atoms with Gasteiger partial charge in [-0.15, -0.1) is 0 Å². The molecule has 0 fully saturated rings. The average Bonchev–Trinajstić information content (AvgIpc) is 2.58. The maximum atomic E-state index is 11.4. The maximum Gasteiger partial charge on any atom is 0.296 e. The highest BCUT2D eigenvalue weighted by atomic mass is 16.5. The average molecular weight is 218 g/mol. The molecule has 1 heterocycles. The number of benzene rings is 1. The Hall–Kier alpha value is -1.84. The highest BCUT2D eigenvalue weighted by Crippen LogP contribution is 2.25. The molecule has 2 N–H and O–H groups in total. The molecule has 0 spiro atoms. The van der Waals surface area contributed by atoms with Crippen LogP contribution in [0.25, 0.3) is 0 Å². The normalized spacial score (nSPS) is 19.8. The van der Waals surface area contributed by atoms with Gasteiger partial charge in [-0.3, -0.25) is 4.79 Å². The van der Waals surface area contributed by atoms with Crippen LogP contribution in [0.2, 0.25) is 0 Å². The van der Waals surface area contributed by atoms with Gasteiger partial charge in [0.1, 0.15) is 0 Å².